The highest BCUT2D eigenvalue weighted by Crippen LogP contribution is 2.30. The van der Waals surface area contributed by atoms with Crippen molar-refractivity contribution in [2.45, 2.75) is 45.7 Å². The third-order valence-electron chi connectivity index (χ3n) is 3.21. The SMILES string of the molecule is CC1CCC(NC(=O)[C@@H](C)N)C1C. The molecule has 1 aliphatic carbocycles. The van der Waals surface area contributed by atoms with Crippen LogP contribution in [0, 0.1) is 11.8 Å². The highest BCUT2D eigenvalue weighted by Gasteiger charge is 2.30. The van der Waals surface area contributed by atoms with Crippen LogP contribution in [0.15, 0.2) is 0 Å². The summed E-state index contributed by atoms with van der Waals surface area (Å²) >= 11 is 0. The van der Waals surface area contributed by atoms with Gasteiger partial charge >= 0.3 is 0 Å². The number of carbonyl (C=O) groups is 1. The predicted molar refractivity (Wildman–Crippen MR) is 53.1 cm³/mol. The Bertz CT molecular complexity index is 191. The van der Waals surface area contributed by atoms with Crippen LogP contribution in [0.1, 0.15) is 33.6 Å². The molecule has 1 aliphatic rings. The minimum absolute atomic E-state index is 0.0223. The molecule has 0 aromatic heterocycles. The summed E-state index contributed by atoms with van der Waals surface area (Å²) < 4.78 is 0. The van der Waals surface area contributed by atoms with E-state index in [9.17, 15) is 4.79 Å². The van der Waals surface area contributed by atoms with Crippen LogP contribution >= 0.6 is 0 Å². The zero-order valence-corrected chi connectivity index (χ0v) is 8.71. The molecule has 76 valence electrons. The number of hydrogen-bond donors (Lipinski definition) is 2. The van der Waals surface area contributed by atoms with Crippen LogP contribution < -0.4 is 11.1 Å². The Morgan fingerprint density at radius 2 is 2.08 bits per heavy atom. The molecule has 0 radical (unpaired) electrons. The van der Waals surface area contributed by atoms with Crippen molar-refractivity contribution in [3.8, 4) is 0 Å². The van der Waals surface area contributed by atoms with Gasteiger partial charge in [-0.15, -0.1) is 0 Å². The lowest BCUT2D eigenvalue weighted by molar-refractivity contribution is -0.122. The lowest BCUT2D eigenvalue weighted by Gasteiger charge is -2.20. The molecule has 0 aromatic rings. The highest BCUT2D eigenvalue weighted by molar-refractivity contribution is 5.81. The van der Waals surface area contributed by atoms with Gasteiger partial charge in [0.2, 0.25) is 5.91 Å². The van der Waals surface area contributed by atoms with Gasteiger partial charge in [-0.25, -0.2) is 0 Å². The van der Waals surface area contributed by atoms with Gasteiger partial charge in [-0.05, 0) is 31.6 Å². The predicted octanol–water partition coefficient (Wildman–Crippen LogP) is 0.884. The zero-order valence-electron chi connectivity index (χ0n) is 8.71. The molecule has 13 heavy (non-hydrogen) atoms. The fraction of sp³-hybridized carbons (Fsp3) is 0.900. The summed E-state index contributed by atoms with van der Waals surface area (Å²) in [6.07, 6.45) is 2.31. The first-order valence-corrected chi connectivity index (χ1v) is 5.08. The molecule has 3 heteroatoms. The second-order valence-corrected chi connectivity index (χ2v) is 4.32. The first-order chi connectivity index (χ1) is 6.02. The van der Waals surface area contributed by atoms with Gasteiger partial charge in [0.25, 0.3) is 0 Å². The fourth-order valence-electron chi connectivity index (χ4n) is 1.88. The number of amides is 1. The van der Waals surface area contributed by atoms with Crippen molar-refractivity contribution < 1.29 is 4.79 Å². The minimum Gasteiger partial charge on any atom is -0.352 e. The monoisotopic (exact) mass is 184 g/mol. The smallest absolute Gasteiger partial charge is 0.236 e. The van der Waals surface area contributed by atoms with Crippen LogP contribution in [0.5, 0.6) is 0 Å². The number of carbonyl (C=O) groups excluding carboxylic acids is 1. The fourth-order valence-corrected chi connectivity index (χ4v) is 1.88. The first kappa shape index (κ1) is 10.5. The van der Waals surface area contributed by atoms with E-state index < -0.39 is 0 Å². The third-order valence-corrected chi connectivity index (χ3v) is 3.21. The first-order valence-electron chi connectivity index (χ1n) is 5.08. The standard InChI is InChI=1S/C10H20N2O/c1-6-4-5-9(7(6)2)12-10(13)8(3)11/h6-9H,4-5,11H2,1-3H3,(H,12,13)/t6?,7?,8-,9?/m1/s1. The summed E-state index contributed by atoms with van der Waals surface area (Å²) in [5.41, 5.74) is 5.48. The molecule has 0 spiro atoms. The van der Waals surface area contributed by atoms with Crippen LogP contribution in [0.2, 0.25) is 0 Å². The molecule has 1 amide bonds. The van der Waals surface area contributed by atoms with E-state index in [0.717, 1.165) is 12.3 Å². The molecule has 1 fully saturated rings. The van der Waals surface area contributed by atoms with E-state index in [1.165, 1.54) is 6.42 Å². The quantitative estimate of drug-likeness (QED) is 0.669. The molecule has 0 heterocycles. The van der Waals surface area contributed by atoms with Crippen molar-refractivity contribution in [1.29, 1.82) is 0 Å². The van der Waals surface area contributed by atoms with Crippen LogP contribution in [0.3, 0.4) is 0 Å². The number of nitrogens with two attached hydrogens (primary N) is 1. The molecular weight excluding hydrogens is 164 g/mol. The van der Waals surface area contributed by atoms with Crippen molar-refractivity contribution in [1.82, 2.24) is 5.32 Å². The van der Waals surface area contributed by atoms with Gasteiger partial charge < -0.3 is 11.1 Å². The lowest BCUT2D eigenvalue weighted by atomic mass is 9.98. The Kier molecular flexibility index (Phi) is 3.31. The third kappa shape index (κ3) is 2.44. The zero-order chi connectivity index (χ0) is 10.0. The van der Waals surface area contributed by atoms with Crippen LogP contribution in [0.25, 0.3) is 0 Å². The normalized spacial score (nSPS) is 35.8. The molecule has 3 nitrogen and oxygen atoms in total. The molecule has 3 N–H and O–H groups in total. The second kappa shape index (κ2) is 4.09. The number of hydrogen-bond acceptors (Lipinski definition) is 2. The van der Waals surface area contributed by atoms with Crippen LogP contribution in [-0.2, 0) is 4.79 Å². The molecule has 0 aromatic carbocycles. The molecule has 3 unspecified atom stereocenters. The lowest BCUT2D eigenvalue weighted by Crippen LogP contribution is -2.45. The maximum absolute atomic E-state index is 11.3. The van der Waals surface area contributed by atoms with Gasteiger partial charge in [0.05, 0.1) is 6.04 Å². The molecule has 1 rings (SSSR count). The van der Waals surface area contributed by atoms with Gasteiger partial charge in [0.15, 0.2) is 0 Å². The van der Waals surface area contributed by atoms with Crippen molar-refractivity contribution in [2.75, 3.05) is 0 Å². The van der Waals surface area contributed by atoms with Crippen LogP contribution in [0.4, 0.5) is 0 Å². The second-order valence-electron chi connectivity index (χ2n) is 4.32. The summed E-state index contributed by atoms with van der Waals surface area (Å²) in [5, 5.41) is 2.99. The highest BCUT2D eigenvalue weighted by atomic mass is 16.2. The molecule has 4 atom stereocenters. The Balaban J connectivity index is 2.42. The van der Waals surface area contributed by atoms with Crippen molar-refractivity contribution in [2.24, 2.45) is 17.6 Å². The average molecular weight is 184 g/mol. The van der Waals surface area contributed by atoms with E-state index in [2.05, 4.69) is 19.2 Å². The Morgan fingerprint density at radius 3 is 2.46 bits per heavy atom. The Hall–Kier alpha value is -0.570. The average Bonchev–Trinajstić information content (AvgIpc) is 2.36. The van der Waals surface area contributed by atoms with Gasteiger partial charge in [0, 0.05) is 6.04 Å². The molecule has 1 saturated carbocycles. The summed E-state index contributed by atoms with van der Waals surface area (Å²) in [5.74, 6) is 1.28. The van der Waals surface area contributed by atoms with E-state index >= 15 is 0 Å². The maximum atomic E-state index is 11.3. The van der Waals surface area contributed by atoms with Crippen LogP contribution in [-0.4, -0.2) is 18.0 Å². The van der Waals surface area contributed by atoms with E-state index in [1.807, 2.05) is 0 Å². The summed E-state index contributed by atoms with van der Waals surface area (Å²) in [6, 6.07) is -0.0448. The molecule has 0 saturated heterocycles. The summed E-state index contributed by atoms with van der Waals surface area (Å²) in [7, 11) is 0. The van der Waals surface area contributed by atoms with E-state index in [-0.39, 0.29) is 11.9 Å². The van der Waals surface area contributed by atoms with Crippen molar-refractivity contribution in [3.63, 3.8) is 0 Å². The van der Waals surface area contributed by atoms with Crippen molar-refractivity contribution in [3.05, 3.63) is 0 Å². The van der Waals surface area contributed by atoms with Crippen molar-refractivity contribution >= 4 is 5.91 Å². The Morgan fingerprint density at radius 1 is 1.46 bits per heavy atom. The summed E-state index contributed by atoms with van der Waals surface area (Å²) in [6.45, 7) is 6.16. The van der Waals surface area contributed by atoms with Gasteiger partial charge in [-0.3, -0.25) is 4.79 Å². The number of rotatable bonds is 2. The number of nitrogens with one attached hydrogen (secondary N) is 1. The largest absolute Gasteiger partial charge is 0.352 e. The topological polar surface area (TPSA) is 55.1 Å². The van der Waals surface area contributed by atoms with E-state index in [0.29, 0.717) is 12.0 Å². The Labute approximate surface area is 80.1 Å². The molecule has 0 bridgehead atoms. The maximum Gasteiger partial charge on any atom is 0.236 e. The minimum atomic E-state index is -0.386. The molecular formula is C10H20N2O. The van der Waals surface area contributed by atoms with E-state index in [1.54, 1.807) is 6.92 Å². The van der Waals surface area contributed by atoms with Gasteiger partial charge in [-0.2, -0.15) is 0 Å². The van der Waals surface area contributed by atoms with Gasteiger partial charge in [-0.1, -0.05) is 13.8 Å². The molecule has 0 aliphatic heterocycles. The van der Waals surface area contributed by atoms with Gasteiger partial charge in [0.1, 0.15) is 0 Å². The summed E-state index contributed by atoms with van der Waals surface area (Å²) in [4.78, 5) is 11.3. The van der Waals surface area contributed by atoms with E-state index in [4.69, 9.17) is 5.73 Å².